The van der Waals surface area contributed by atoms with Crippen LogP contribution < -0.4 is 0 Å². The molecule has 2 amide bonds. The number of hydrogen-bond donors (Lipinski definition) is 0. The summed E-state index contributed by atoms with van der Waals surface area (Å²) < 4.78 is 0. The Morgan fingerprint density at radius 1 is 1.12 bits per heavy atom. The Labute approximate surface area is 98.6 Å². The summed E-state index contributed by atoms with van der Waals surface area (Å²) in [6.07, 6.45) is 0.416. The van der Waals surface area contributed by atoms with E-state index in [1.807, 2.05) is 27.7 Å². The molecule has 0 saturated carbocycles. The molecular formula is C12H24N2O2. The quantitative estimate of drug-likeness (QED) is 0.691. The van der Waals surface area contributed by atoms with Gasteiger partial charge in [0.25, 0.3) is 0 Å². The molecule has 4 heteroatoms. The molecule has 0 aliphatic carbocycles. The summed E-state index contributed by atoms with van der Waals surface area (Å²) >= 11 is 0. The van der Waals surface area contributed by atoms with Crippen molar-refractivity contribution in [2.24, 2.45) is 0 Å². The van der Waals surface area contributed by atoms with Crippen molar-refractivity contribution in [3.8, 4) is 0 Å². The highest BCUT2D eigenvalue weighted by molar-refractivity contribution is 5.78. The largest absolute Gasteiger partial charge is 0.343 e. The van der Waals surface area contributed by atoms with E-state index in [1.54, 1.807) is 16.7 Å². The second-order valence-corrected chi connectivity index (χ2v) is 4.12. The first-order chi connectivity index (χ1) is 7.43. The molecule has 0 heterocycles. The maximum Gasteiger partial charge on any atom is 0.224 e. The molecule has 0 aromatic heterocycles. The number of nitrogens with zero attached hydrogens (tertiary/aromatic N) is 2. The zero-order valence-corrected chi connectivity index (χ0v) is 11.1. The Bertz CT molecular complexity index is 235. The molecule has 0 aromatic rings. The number of carbonyl (C=O) groups is 2. The Kier molecular flexibility index (Phi) is 6.77. The first kappa shape index (κ1) is 14.9. The van der Waals surface area contributed by atoms with Crippen LogP contribution >= 0.6 is 0 Å². The lowest BCUT2D eigenvalue weighted by molar-refractivity contribution is -0.134. The van der Waals surface area contributed by atoms with Crippen LogP contribution in [0.1, 0.15) is 41.0 Å². The van der Waals surface area contributed by atoms with Crippen molar-refractivity contribution < 1.29 is 9.59 Å². The van der Waals surface area contributed by atoms with Gasteiger partial charge in [0.15, 0.2) is 0 Å². The van der Waals surface area contributed by atoms with Crippen LogP contribution in [0.25, 0.3) is 0 Å². The van der Waals surface area contributed by atoms with Gasteiger partial charge in [-0.1, -0.05) is 0 Å². The Morgan fingerprint density at radius 3 is 1.94 bits per heavy atom. The lowest BCUT2D eigenvalue weighted by Crippen LogP contribution is -2.39. The summed E-state index contributed by atoms with van der Waals surface area (Å²) in [5, 5.41) is 0. The van der Waals surface area contributed by atoms with Crippen molar-refractivity contribution in [3.05, 3.63) is 0 Å². The van der Waals surface area contributed by atoms with Gasteiger partial charge < -0.3 is 9.80 Å². The molecule has 4 nitrogen and oxygen atoms in total. The van der Waals surface area contributed by atoms with Gasteiger partial charge in [-0.15, -0.1) is 0 Å². The monoisotopic (exact) mass is 228 g/mol. The van der Waals surface area contributed by atoms with Crippen LogP contribution in [0.2, 0.25) is 0 Å². The number of hydrogen-bond acceptors (Lipinski definition) is 2. The van der Waals surface area contributed by atoms with Crippen LogP contribution in [-0.2, 0) is 9.59 Å². The molecule has 0 aliphatic rings. The summed E-state index contributed by atoms with van der Waals surface area (Å²) in [5.74, 6) is 0.152. The van der Waals surface area contributed by atoms with E-state index >= 15 is 0 Å². The minimum Gasteiger partial charge on any atom is -0.343 e. The van der Waals surface area contributed by atoms with E-state index < -0.39 is 0 Å². The van der Waals surface area contributed by atoms with Gasteiger partial charge in [0.1, 0.15) is 0 Å². The van der Waals surface area contributed by atoms with Gasteiger partial charge in [-0.05, 0) is 27.7 Å². The van der Waals surface area contributed by atoms with Crippen molar-refractivity contribution in [2.75, 3.05) is 19.6 Å². The number of carbonyl (C=O) groups excluding carboxylic acids is 2. The van der Waals surface area contributed by atoms with Crippen LogP contribution in [0.4, 0.5) is 0 Å². The maximum atomic E-state index is 11.7. The molecule has 0 unspecified atom stereocenters. The second kappa shape index (κ2) is 7.25. The second-order valence-electron chi connectivity index (χ2n) is 4.12. The minimum atomic E-state index is 0.0300. The van der Waals surface area contributed by atoms with E-state index in [0.717, 1.165) is 13.1 Å². The van der Waals surface area contributed by atoms with Crippen LogP contribution in [0, 0.1) is 0 Å². The van der Waals surface area contributed by atoms with E-state index in [9.17, 15) is 9.59 Å². The first-order valence-corrected chi connectivity index (χ1v) is 5.98. The lowest BCUT2D eigenvalue weighted by atomic mass is 10.2. The standard InChI is InChI=1S/C12H24N2O2/c1-6-13(7-2)12(16)8-9-14(10(3)4)11(5)15/h10H,6-9H2,1-5H3. The average molecular weight is 228 g/mol. The van der Waals surface area contributed by atoms with Crippen LogP contribution in [0.5, 0.6) is 0 Å². The van der Waals surface area contributed by atoms with Crippen molar-refractivity contribution in [1.82, 2.24) is 9.80 Å². The molecule has 0 aliphatic heterocycles. The third-order valence-corrected chi connectivity index (χ3v) is 2.71. The van der Waals surface area contributed by atoms with Gasteiger partial charge in [-0.2, -0.15) is 0 Å². The van der Waals surface area contributed by atoms with E-state index in [1.165, 1.54) is 0 Å². The summed E-state index contributed by atoms with van der Waals surface area (Å²) in [7, 11) is 0. The Balaban J connectivity index is 4.20. The zero-order chi connectivity index (χ0) is 12.7. The fourth-order valence-corrected chi connectivity index (χ4v) is 1.73. The molecule has 0 fully saturated rings. The topological polar surface area (TPSA) is 40.6 Å². The zero-order valence-electron chi connectivity index (χ0n) is 11.1. The fourth-order valence-electron chi connectivity index (χ4n) is 1.73. The highest BCUT2D eigenvalue weighted by Gasteiger charge is 2.16. The third-order valence-electron chi connectivity index (χ3n) is 2.71. The third kappa shape index (κ3) is 4.64. The highest BCUT2D eigenvalue weighted by atomic mass is 16.2. The van der Waals surface area contributed by atoms with Gasteiger partial charge in [-0.3, -0.25) is 9.59 Å². The molecule has 16 heavy (non-hydrogen) atoms. The van der Waals surface area contributed by atoms with Gasteiger partial charge in [-0.25, -0.2) is 0 Å². The fraction of sp³-hybridized carbons (Fsp3) is 0.833. The van der Waals surface area contributed by atoms with Gasteiger partial charge >= 0.3 is 0 Å². The first-order valence-electron chi connectivity index (χ1n) is 5.98. The SMILES string of the molecule is CCN(CC)C(=O)CCN(C(C)=O)C(C)C. The maximum absolute atomic E-state index is 11.7. The lowest BCUT2D eigenvalue weighted by Gasteiger charge is -2.26. The van der Waals surface area contributed by atoms with Gasteiger partial charge in [0, 0.05) is 39.0 Å². The van der Waals surface area contributed by atoms with Crippen molar-refractivity contribution in [2.45, 2.75) is 47.1 Å². The minimum absolute atomic E-state index is 0.0300. The predicted octanol–water partition coefficient (Wildman–Crippen LogP) is 1.50. The van der Waals surface area contributed by atoms with Gasteiger partial charge in [0.05, 0.1) is 0 Å². The Morgan fingerprint density at radius 2 is 1.62 bits per heavy atom. The van der Waals surface area contributed by atoms with E-state index in [-0.39, 0.29) is 17.9 Å². The van der Waals surface area contributed by atoms with Gasteiger partial charge in [0.2, 0.25) is 11.8 Å². The smallest absolute Gasteiger partial charge is 0.224 e. The summed E-state index contributed by atoms with van der Waals surface area (Å²) in [6.45, 7) is 11.4. The Hall–Kier alpha value is -1.06. The molecular weight excluding hydrogens is 204 g/mol. The van der Waals surface area contributed by atoms with E-state index in [2.05, 4.69) is 0 Å². The molecule has 94 valence electrons. The summed E-state index contributed by atoms with van der Waals surface area (Å²) in [5.41, 5.74) is 0. The predicted molar refractivity (Wildman–Crippen MR) is 65.1 cm³/mol. The molecule has 0 N–H and O–H groups in total. The van der Waals surface area contributed by atoms with Crippen molar-refractivity contribution >= 4 is 11.8 Å². The van der Waals surface area contributed by atoms with Crippen molar-refractivity contribution in [3.63, 3.8) is 0 Å². The average Bonchev–Trinajstić information content (AvgIpc) is 2.18. The molecule has 0 aromatic carbocycles. The summed E-state index contributed by atoms with van der Waals surface area (Å²) in [6, 6.07) is 0.155. The molecule has 0 rings (SSSR count). The summed E-state index contributed by atoms with van der Waals surface area (Å²) in [4.78, 5) is 26.6. The van der Waals surface area contributed by atoms with Crippen molar-refractivity contribution in [1.29, 1.82) is 0 Å². The highest BCUT2D eigenvalue weighted by Crippen LogP contribution is 2.02. The normalized spacial score (nSPS) is 10.4. The molecule has 0 spiro atoms. The molecule has 0 saturated heterocycles. The van der Waals surface area contributed by atoms with Crippen LogP contribution in [0.15, 0.2) is 0 Å². The number of amides is 2. The van der Waals surface area contributed by atoms with E-state index in [4.69, 9.17) is 0 Å². The molecule has 0 atom stereocenters. The van der Waals surface area contributed by atoms with E-state index in [0.29, 0.717) is 13.0 Å². The van der Waals surface area contributed by atoms with Crippen LogP contribution in [0.3, 0.4) is 0 Å². The molecule has 0 bridgehead atoms. The van der Waals surface area contributed by atoms with Crippen LogP contribution in [-0.4, -0.2) is 47.3 Å². The molecule has 0 radical (unpaired) electrons. The number of rotatable bonds is 6.